The summed E-state index contributed by atoms with van der Waals surface area (Å²) in [4.78, 5) is 25.5. The van der Waals surface area contributed by atoms with Gasteiger partial charge in [0.2, 0.25) is 0 Å². The molecule has 4 rings (SSSR count). The number of amides is 2. The standard InChI is InChI=1S/C13H9N3O2S/c17-11-9-5-7-6-3-1-2-4-8(6)14-10(7)12(18)16(9)13(19)15-11/h1-5,7,10,14H,(H,15,17,19). The van der Waals surface area contributed by atoms with Crippen LogP contribution in [0.25, 0.3) is 0 Å². The zero-order chi connectivity index (χ0) is 13.1. The number of hydrogen-bond acceptors (Lipinski definition) is 4. The summed E-state index contributed by atoms with van der Waals surface area (Å²) >= 11 is 5.02. The van der Waals surface area contributed by atoms with E-state index in [-0.39, 0.29) is 28.9 Å². The number of anilines is 1. The van der Waals surface area contributed by atoms with Crippen LogP contribution in [0.15, 0.2) is 36.0 Å². The average molecular weight is 271 g/mol. The Kier molecular flexibility index (Phi) is 1.92. The zero-order valence-corrected chi connectivity index (χ0v) is 10.5. The predicted octanol–water partition coefficient (Wildman–Crippen LogP) is 0.705. The first kappa shape index (κ1) is 10.7. The van der Waals surface area contributed by atoms with Crippen LogP contribution in [-0.2, 0) is 9.59 Å². The van der Waals surface area contributed by atoms with Gasteiger partial charge in [-0.2, -0.15) is 0 Å². The van der Waals surface area contributed by atoms with Gasteiger partial charge in [-0.15, -0.1) is 0 Å². The third kappa shape index (κ3) is 1.26. The van der Waals surface area contributed by atoms with E-state index in [1.807, 2.05) is 30.3 Å². The number of benzene rings is 1. The number of thiocarbonyl (C=S) groups is 1. The van der Waals surface area contributed by atoms with Crippen LogP contribution in [0.4, 0.5) is 5.69 Å². The topological polar surface area (TPSA) is 61.4 Å². The lowest BCUT2D eigenvalue weighted by Gasteiger charge is -2.28. The molecule has 2 amide bonds. The second-order valence-electron chi connectivity index (χ2n) is 4.72. The molecule has 0 aliphatic carbocycles. The minimum Gasteiger partial charge on any atom is -0.373 e. The molecule has 1 fully saturated rings. The van der Waals surface area contributed by atoms with Gasteiger partial charge in [-0.3, -0.25) is 14.9 Å². The van der Waals surface area contributed by atoms with Gasteiger partial charge < -0.3 is 5.32 Å². The Morgan fingerprint density at radius 3 is 2.84 bits per heavy atom. The third-order valence-corrected chi connectivity index (χ3v) is 4.00. The summed E-state index contributed by atoms with van der Waals surface area (Å²) in [6, 6.07) is 7.37. The first-order chi connectivity index (χ1) is 9.16. The van der Waals surface area contributed by atoms with Crippen molar-refractivity contribution < 1.29 is 9.59 Å². The highest BCUT2D eigenvalue weighted by Gasteiger charge is 2.48. The molecule has 2 N–H and O–H groups in total. The van der Waals surface area contributed by atoms with Gasteiger partial charge in [0.1, 0.15) is 11.7 Å². The summed E-state index contributed by atoms with van der Waals surface area (Å²) in [7, 11) is 0. The lowest BCUT2D eigenvalue weighted by molar-refractivity contribution is -0.128. The van der Waals surface area contributed by atoms with Crippen LogP contribution in [0.1, 0.15) is 11.5 Å². The van der Waals surface area contributed by atoms with E-state index in [1.54, 1.807) is 0 Å². The first-order valence-electron chi connectivity index (χ1n) is 5.93. The van der Waals surface area contributed by atoms with Gasteiger partial charge in [0, 0.05) is 11.6 Å². The van der Waals surface area contributed by atoms with Crippen LogP contribution < -0.4 is 10.6 Å². The largest absolute Gasteiger partial charge is 0.373 e. The Balaban J connectivity index is 1.88. The van der Waals surface area contributed by atoms with Gasteiger partial charge in [-0.1, -0.05) is 18.2 Å². The summed E-state index contributed by atoms with van der Waals surface area (Å²) in [6.07, 6.45) is 1.82. The highest BCUT2D eigenvalue weighted by Crippen LogP contribution is 2.41. The van der Waals surface area contributed by atoms with E-state index in [2.05, 4.69) is 10.6 Å². The molecular weight excluding hydrogens is 262 g/mol. The van der Waals surface area contributed by atoms with E-state index in [1.165, 1.54) is 4.90 Å². The van der Waals surface area contributed by atoms with Crippen molar-refractivity contribution in [3.05, 3.63) is 41.6 Å². The molecule has 1 saturated heterocycles. The van der Waals surface area contributed by atoms with E-state index in [0.717, 1.165) is 11.3 Å². The summed E-state index contributed by atoms with van der Waals surface area (Å²) in [5, 5.41) is 5.87. The van der Waals surface area contributed by atoms with Gasteiger partial charge in [-0.25, -0.2) is 4.90 Å². The van der Waals surface area contributed by atoms with Crippen molar-refractivity contribution in [1.29, 1.82) is 0 Å². The minimum atomic E-state index is -0.383. The van der Waals surface area contributed by atoms with E-state index in [0.29, 0.717) is 5.70 Å². The maximum absolute atomic E-state index is 12.5. The number of carbonyl (C=O) groups excluding carboxylic acids is 2. The van der Waals surface area contributed by atoms with Gasteiger partial charge in [0.05, 0.1) is 0 Å². The molecule has 3 aliphatic heterocycles. The van der Waals surface area contributed by atoms with Gasteiger partial charge in [-0.05, 0) is 29.9 Å². The monoisotopic (exact) mass is 271 g/mol. The molecule has 6 heteroatoms. The molecule has 0 radical (unpaired) electrons. The van der Waals surface area contributed by atoms with Crippen LogP contribution in [0, 0.1) is 0 Å². The Bertz CT molecular complexity index is 682. The summed E-state index contributed by atoms with van der Waals surface area (Å²) in [5.74, 6) is -0.593. The van der Waals surface area contributed by atoms with E-state index in [9.17, 15) is 9.59 Å². The maximum atomic E-state index is 12.5. The Labute approximate surface area is 114 Å². The second-order valence-corrected chi connectivity index (χ2v) is 5.11. The molecule has 0 bridgehead atoms. The van der Waals surface area contributed by atoms with Crippen molar-refractivity contribution in [2.45, 2.75) is 12.0 Å². The summed E-state index contributed by atoms with van der Waals surface area (Å²) in [5.41, 5.74) is 2.32. The lowest BCUT2D eigenvalue weighted by atomic mass is 9.90. The number of nitrogens with zero attached hydrogens (tertiary/aromatic N) is 1. The molecule has 3 heterocycles. The highest BCUT2D eigenvalue weighted by molar-refractivity contribution is 7.80. The SMILES string of the molecule is O=C1NC(=S)N2C(=O)C3Nc4ccccc4C3C=C12. The zero-order valence-electron chi connectivity index (χ0n) is 9.71. The van der Waals surface area contributed by atoms with Crippen LogP contribution in [-0.4, -0.2) is 27.9 Å². The van der Waals surface area contributed by atoms with E-state index >= 15 is 0 Å². The van der Waals surface area contributed by atoms with Crippen molar-refractivity contribution in [2.24, 2.45) is 0 Å². The molecular formula is C13H9N3O2S. The van der Waals surface area contributed by atoms with Crippen LogP contribution in [0.5, 0.6) is 0 Å². The van der Waals surface area contributed by atoms with Crippen LogP contribution >= 0.6 is 12.2 Å². The maximum Gasteiger partial charge on any atom is 0.274 e. The molecule has 5 nitrogen and oxygen atoms in total. The molecule has 1 aromatic carbocycles. The van der Waals surface area contributed by atoms with E-state index < -0.39 is 0 Å². The molecule has 0 saturated carbocycles. The van der Waals surface area contributed by atoms with Crippen molar-refractivity contribution in [3.8, 4) is 0 Å². The predicted molar refractivity (Wildman–Crippen MR) is 72.3 cm³/mol. The summed E-state index contributed by atoms with van der Waals surface area (Å²) in [6.45, 7) is 0. The van der Waals surface area contributed by atoms with Crippen molar-refractivity contribution in [2.75, 3.05) is 5.32 Å². The Morgan fingerprint density at radius 2 is 2.00 bits per heavy atom. The third-order valence-electron chi connectivity index (χ3n) is 3.71. The normalized spacial score (nSPS) is 27.3. The quantitative estimate of drug-likeness (QED) is 0.682. The lowest BCUT2D eigenvalue weighted by Crippen LogP contribution is -2.46. The molecule has 94 valence electrons. The number of fused-ring (bicyclic) bond motifs is 4. The number of hydrogen-bond donors (Lipinski definition) is 2. The van der Waals surface area contributed by atoms with Crippen LogP contribution in [0.3, 0.4) is 0 Å². The van der Waals surface area contributed by atoms with E-state index in [4.69, 9.17) is 12.2 Å². The number of nitrogens with one attached hydrogen (secondary N) is 2. The molecule has 2 unspecified atom stereocenters. The molecule has 3 aliphatic rings. The molecule has 2 atom stereocenters. The molecule has 0 aromatic heterocycles. The summed E-state index contributed by atoms with van der Waals surface area (Å²) < 4.78 is 0. The Morgan fingerprint density at radius 1 is 1.21 bits per heavy atom. The molecule has 1 aromatic rings. The smallest absolute Gasteiger partial charge is 0.274 e. The number of para-hydroxylation sites is 1. The molecule has 0 spiro atoms. The fourth-order valence-electron chi connectivity index (χ4n) is 2.86. The highest BCUT2D eigenvalue weighted by atomic mass is 32.1. The fourth-order valence-corrected chi connectivity index (χ4v) is 3.14. The van der Waals surface area contributed by atoms with Gasteiger partial charge >= 0.3 is 0 Å². The van der Waals surface area contributed by atoms with Crippen LogP contribution in [0.2, 0.25) is 0 Å². The number of carbonyl (C=O) groups is 2. The second kappa shape index (κ2) is 3.42. The number of rotatable bonds is 0. The van der Waals surface area contributed by atoms with Gasteiger partial charge in [0.15, 0.2) is 5.11 Å². The van der Waals surface area contributed by atoms with Crippen molar-refractivity contribution in [3.63, 3.8) is 0 Å². The average Bonchev–Trinajstić information content (AvgIpc) is 2.90. The minimum absolute atomic E-state index is 0.110. The first-order valence-corrected chi connectivity index (χ1v) is 6.34. The van der Waals surface area contributed by atoms with Crippen molar-refractivity contribution in [1.82, 2.24) is 10.2 Å². The molecule has 19 heavy (non-hydrogen) atoms. The van der Waals surface area contributed by atoms with Crippen molar-refractivity contribution >= 4 is 34.8 Å². The Hall–Kier alpha value is -2.21. The van der Waals surface area contributed by atoms with Gasteiger partial charge in [0.25, 0.3) is 11.8 Å². The fraction of sp³-hybridized carbons (Fsp3) is 0.154.